The summed E-state index contributed by atoms with van der Waals surface area (Å²) < 4.78 is 6.17. The first-order chi connectivity index (χ1) is 7.86. The lowest BCUT2D eigenvalue weighted by atomic mass is 9.98. The Hall–Kier alpha value is 0.440. The van der Waals surface area contributed by atoms with Crippen LogP contribution in [0.2, 0.25) is 0 Å². The fourth-order valence-electron chi connectivity index (χ4n) is 3.03. The standard InChI is InChI=1S/C14H25BrO/c15-13-9-3-1-2-4-10-14(13)16-11-12-7-5-6-8-12/h12-14H,1-11H2. The number of alkyl halides is 1. The van der Waals surface area contributed by atoms with Gasteiger partial charge in [0, 0.05) is 11.4 Å². The number of hydrogen-bond acceptors (Lipinski definition) is 1. The van der Waals surface area contributed by atoms with E-state index in [-0.39, 0.29) is 0 Å². The van der Waals surface area contributed by atoms with Crippen LogP contribution in [0.15, 0.2) is 0 Å². The maximum atomic E-state index is 6.17. The van der Waals surface area contributed by atoms with Crippen molar-refractivity contribution >= 4 is 15.9 Å². The van der Waals surface area contributed by atoms with E-state index in [0.717, 1.165) is 12.5 Å². The average Bonchev–Trinajstić information content (AvgIpc) is 2.76. The molecule has 2 saturated carbocycles. The third-order valence-corrected chi connectivity index (χ3v) is 5.19. The van der Waals surface area contributed by atoms with E-state index in [4.69, 9.17) is 4.74 Å². The fourth-order valence-corrected chi connectivity index (χ4v) is 3.77. The smallest absolute Gasteiger partial charge is 0.0700 e. The van der Waals surface area contributed by atoms with E-state index in [1.54, 1.807) is 0 Å². The second-order valence-electron chi connectivity index (χ2n) is 5.53. The summed E-state index contributed by atoms with van der Waals surface area (Å²) in [6.45, 7) is 1.02. The van der Waals surface area contributed by atoms with Gasteiger partial charge in [0.15, 0.2) is 0 Å². The molecule has 94 valence electrons. The second-order valence-corrected chi connectivity index (χ2v) is 6.71. The van der Waals surface area contributed by atoms with Gasteiger partial charge >= 0.3 is 0 Å². The van der Waals surface area contributed by atoms with Gasteiger partial charge < -0.3 is 4.74 Å². The third-order valence-electron chi connectivity index (χ3n) is 4.14. The minimum Gasteiger partial charge on any atom is -0.377 e. The van der Waals surface area contributed by atoms with Gasteiger partial charge in [0.1, 0.15) is 0 Å². The fraction of sp³-hybridized carbons (Fsp3) is 1.00. The predicted molar refractivity (Wildman–Crippen MR) is 72.1 cm³/mol. The Labute approximate surface area is 108 Å². The van der Waals surface area contributed by atoms with Gasteiger partial charge in [0.2, 0.25) is 0 Å². The predicted octanol–water partition coefficient (Wildman–Crippen LogP) is 4.68. The van der Waals surface area contributed by atoms with Crippen LogP contribution in [0.5, 0.6) is 0 Å². The summed E-state index contributed by atoms with van der Waals surface area (Å²) in [7, 11) is 0. The largest absolute Gasteiger partial charge is 0.377 e. The van der Waals surface area contributed by atoms with Crippen LogP contribution in [0.4, 0.5) is 0 Å². The van der Waals surface area contributed by atoms with E-state index in [0.29, 0.717) is 10.9 Å². The molecule has 2 heteroatoms. The van der Waals surface area contributed by atoms with E-state index in [1.165, 1.54) is 64.2 Å². The van der Waals surface area contributed by atoms with Gasteiger partial charge in [-0.3, -0.25) is 0 Å². The monoisotopic (exact) mass is 288 g/mol. The van der Waals surface area contributed by atoms with Crippen LogP contribution >= 0.6 is 15.9 Å². The molecule has 0 aliphatic heterocycles. The van der Waals surface area contributed by atoms with E-state index in [1.807, 2.05) is 0 Å². The molecule has 0 saturated heterocycles. The molecular formula is C14H25BrO. The maximum Gasteiger partial charge on any atom is 0.0700 e. The highest BCUT2D eigenvalue weighted by Gasteiger charge is 2.23. The van der Waals surface area contributed by atoms with Crippen LogP contribution < -0.4 is 0 Å². The molecule has 0 N–H and O–H groups in total. The number of halogens is 1. The molecule has 0 radical (unpaired) electrons. The first kappa shape index (κ1) is 12.9. The van der Waals surface area contributed by atoms with Gasteiger partial charge in [-0.25, -0.2) is 0 Å². The van der Waals surface area contributed by atoms with Gasteiger partial charge in [-0.05, 0) is 31.6 Å². The zero-order valence-corrected chi connectivity index (χ0v) is 11.9. The Morgan fingerprint density at radius 1 is 0.812 bits per heavy atom. The molecule has 2 fully saturated rings. The van der Waals surface area contributed by atoms with E-state index in [2.05, 4.69) is 15.9 Å². The molecule has 0 bridgehead atoms. The third kappa shape index (κ3) is 4.03. The number of rotatable bonds is 3. The molecule has 2 aliphatic carbocycles. The summed E-state index contributed by atoms with van der Waals surface area (Å²) in [4.78, 5) is 0.606. The summed E-state index contributed by atoms with van der Waals surface area (Å²) >= 11 is 3.82. The Morgan fingerprint density at radius 2 is 1.44 bits per heavy atom. The molecule has 2 aliphatic rings. The van der Waals surface area contributed by atoms with E-state index >= 15 is 0 Å². The molecule has 2 atom stereocenters. The minimum atomic E-state index is 0.487. The van der Waals surface area contributed by atoms with Crippen LogP contribution in [0, 0.1) is 5.92 Å². The topological polar surface area (TPSA) is 9.23 Å². The summed E-state index contributed by atoms with van der Waals surface area (Å²) in [5.41, 5.74) is 0. The molecule has 16 heavy (non-hydrogen) atoms. The Morgan fingerprint density at radius 3 is 2.19 bits per heavy atom. The first-order valence-electron chi connectivity index (χ1n) is 7.12. The molecule has 0 aromatic heterocycles. The van der Waals surface area contributed by atoms with Crippen molar-refractivity contribution in [3.05, 3.63) is 0 Å². The molecule has 0 spiro atoms. The van der Waals surface area contributed by atoms with Crippen molar-refractivity contribution in [2.75, 3.05) is 6.61 Å². The van der Waals surface area contributed by atoms with Crippen molar-refractivity contribution in [3.8, 4) is 0 Å². The first-order valence-corrected chi connectivity index (χ1v) is 8.03. The molecule has 2 unspecified atom stereocenters. The average molecular weight is 289 g/mol. The van der Waals surface area contributed by atoms with Crippen LogP contribution in [0.25, 0.3) is 0 Å². The summed E-state index contributed by atoms with van der Waals surface area (Å²) in [5, 5.41) is 0. The van der Waals surface area contributed by atoms with Crippen molar-refractivity contribution in [1.29, 1.82) is 0 Å². The lowest BCUT2D eigenvalue weighted by Gasteiger charge is -2.26. The molecule has 0 aromatic carbocycles. The summed E-state index contributed by atoms with van der Waals surface area (Å²) in [6, 6.07) is 0. The van der Waals surface area contributed by atoms with Crippen LogP contribution in [-0.4, -0.2) is 17.5 Å². The molecular weight excluding hydrogens is 264 g/mol. The Bertz CT molecular complexity index is 189. The number of ether oxygens (including phenoxy) is 1. The summed E-state index contributed by atoms with van der Waals surface area (Å²) in [6.07, 6.45) is 14.3. The van der Waals surface area contributed by atoms with Crippen molar-refractivity contribution in [3.63, 3.8) is 0 Å². The highest BCUT2D eigenvalue weighted by atomic mass is 79.9. The lowest BCUT2D eigenvalue weighted by Crippen LogP contribution is -2.27. The second kappa shape index (κ2) is 7.00. The quantitative estimate of drug-likeness (QED) is 0.685. The Kier molecular flexibility index (Phi) is 5.64. The van der Waals surface area contributed by atoms with Crippen LogP contribution in [0.1, 0.15) is 64.2 Å². The zero-order valence-electron chi connectivity index (χ0n) is 10.3. The van der Waals surface area contributed by atoms with Crippen molar-refractivity contribution in [2.45, 2.75) is 75.1 Å². The zero-order chi connectivity index (χ0) is 11.2. The SMILES string of the molecule is BrC1CCCCCCC1OCC1CCCC1. The molecule has 0 heterocycles. The van der Waals surface area contributed by atoms with Gasteiger partial charge in [-0.2, -0.15) is 0 Å². The van der Waals surface area contributed by atoms with Gasteiger partial charge in [0.25, 0.3) is 0 Å². The summed E-state index contributed by atoms with van der Waals surface area (Å²) in [5.74, 6) is 0.866. The number of hydrogen-bond donors (Lipinski definition) is 0. The van der Waals surface area contributed by atoms with Gasteiger partial charge in [-0.1, -0.05) is 54.5 Å². The van der Waals surface area contributed by atoms with Crippen molar-refractivity contribution in [1.82, 2.24) is 0 Å². The highest BCUT2D eigenvalue weighted by molar-refractivity contribution is 9.09. The Balaban J connectivity index is 1.71. The minimum absolute atomic E-state index is 0.487. The van der Waals surface area contributed by atoms with E-state index in [9.17, 15) is 0 Å². The highest BCUT2D eigenvalue weighted by Crippen LogP contribution is 2.29. The normalized spacial score (nSPS) is 33.6. The molecule has 2 rings (SSSR count). The van der Waals surface area contributed by atoms with Gasteiger partial charge in [-0.15, -0.1) is 0 Å². The van der Waals surface area contributed by atoms with Crippen molar-refractivity contribution in [2.24, 2.45) is 5.92 Å². The van der Waals surface area contributed by atoms with Crippen LogP contribution in [0.3, 0.4) is 0 Å². The molecule has 1 nitrogen and oxygen atoms in total. The van der Waals surface area contributed by atoms with E-state index < -0.39 is 0 Å². The molecule has 0 amide bonds. The lowest BCUT2D eigenvalue weighted by molar-refractivity contribution is 0.0201. The molecule has 0 aromatic rings. The maximum absolute atomic E-state index is 6.17. The van der Waals surface area contributed by atoms with Crippen LogP contribution in [-0.2, 0) is 4.74 Å². The van der Waals surface area contributed by atoms with Gasteiger partial charge in [0.05, 0.1) is 6.10 Å². The van der Waals surface area contributed by atoms with Crippen molar-refractivity contribution < 1.29 is 4.74 Å².